The van der Waals surface area contributed by atoms with Gasteiger partial charge in [0.25, 0.3) is 0 Å². The second-order valence-corrected chi connectivity index (χ2v) is 6.12. The van der Waals surface area contributed by atoms with Gasteiger partial charge in [-0.05, 0) is 47.8 Å². The normalized spacial score (nSPS) is 21.2. The van der Waals surface area contributed by atoms with Gasteiger partial charge in [-0.3, -0.25) is 4.40 Å². The van der Waals surface area contributed by atoms with E-state index in [1.807, 2.05) is 10.6 Å². The van der Waals surface area contributed by atoms with Gasteiger partial charge >= 0.3 is 0 Å². The Hall–Kier alpha value is -0.920. The van der Waals surface area contributed by atoms with Gasteiger partial charge in [0.1, 0.15) is 6.33 Å². The van der Waals surface area contributed by atoms with E-state index in [0.29, 0.717) is 0 Å². The fourth-order valence-corrected chi connectivity index (χ4v) is 2.98. The second kappa shape index (κ2) is 4.99. The third-order valence-electron chi connectivity index (χ3n) is 3.57. The molecular formula is C12H16IN5. The van der Waals surface area contributed by atoms with Crippen molar-refractivity contribution in [2.75, 3.05) is 18.0 Å². The van der Waals surface area contributed by atoms with Gasteiger partial charge in [0.15, 0.2) is 5.65 Å². The Balaban J connectivity index is 1.98. The lowest BCUT2D eigenvalue weighted by atomic mass is 10.0. The molecule has 2 aromatic heterocycles. The summed E-state index contributed by atoms with van der Waals surface area (Å²) in [5.41, 5.74) is 0.901. The molecule has 0 aliphatic carbocycles. The minimum absolute atomic E-state index is 0.815. The standard InChI is InChI=1S/C12H16IN5/c1-9-3-2-5-17(6-4-9)12-14-7-10(13)11-16-15-8-18(11)12/h7-9H,2-6H2,1H3/t9-/m1/s1. The highest BCUT2D eigenvalue weighted by Gasteiger charge is 2.18. The van der Waals surface area contributed by atoms with E-state index < -0.39 is 0 Å². The van der Waals surface area contributed by atoms with Gasteiger partial charge < -0.3 is 4.90 Å². The van der Waals surface area contributed by atoms with Crippen LogP contribution in [0.1, 0.15) is 26.2 Å². The smallest absolute Gasteiger partial charge is 0.212 e. The Morgan fingerprint density at radius 1 is 1.33 bits per heavy atom. The van der Waals surface area contributed by atoms with Gasteiger partial charge in [-0.15, -0.1) is 10.2 Å². The molecule has 18 heavy (non-hydrogen) atoms. The van der Waals surface area contributed by atoms with Crippen LogP contribution in [0.15, 0.2) is 12.5 Å². The molecule has 0 bridgehead atoms. The van der Waals surface area contributed by atoms with E-state index in [1.165, 1.54) is 19.3 Å². The molecular weight excluding hydrogens is 341 g/mol. The highest BCUT2D eigenvalue weighted by molar-refractivity contribution is 14.1. The Kier molecular flexibility index (Phi) is 3.36. The van der Waals surface area contributed by atoms with E-state index in [0.717, 1.165) is 34.2 Å². The first-order valence-corrected chi connectivity index (χ1v) is 7.43. The molecule has 0 amide bonds. The maximum atomic E-state index is 4.57. The molecule has 0 radical (unpaired) electrons. The summed E-state index contributed by atoms with van der Waals surface area (Å²) in [6.45, 7) is 4.48. The van der Waals surface area contributed by atoms with Crippen molar-refractivity contribution in [2.24, 2.45) is 5.92 Å². The van der Waals surface area contributed by atoms with Crippen molar-refractivity contribution < 1.29 is 0 Å². The van der Waals surface area contributed by atoms with Crippen molar-refractivity contribution in [2.45, 2.75) is 26.2 Å². The lowest BCUT2D eigenvalue weighted by molar-refractivity contribution is 0.520. The first-order valence-electron chi connectivity index (χ1n) is 6.35. The van der Waals surface area contributed by atoms with Crippen LogP contribution < -0.4 is 4.90 Å². The molecule has 0 aromatic carbocycles. The quantitative estimate of drug-likeness (QED) is 0.736. The molecule has 0 spiro atoms. The molecule has 0 N–H and O–H groups in total. The molecule has 2 aromatic rings. The molecule has 0 unspecified atom stereocenters. The first-order chi connectivity index (χ1) is 8.75. The largest absolute Gasteiger partial charge is 0.342 e. The Labute approximate surface area is 120 Å². The monoisotopic (exact) mass is 357 g/mol. The summed E-state index contributed by atoms with van der Waals surface area (Å²) in [7, 11) is 0. The highest BCUT2D eigenvalue weighted by atomic mass is 127. The Morgan fingerprint density at radius 2 is 2.22 bits per heavy atom. The van der Waals surface area contributed by atoms with Crippen molar-refractivity contribution in [1.82, 2.24) is 19.6 Å². The Morgan fingerprint density at radius 3 is 3.11 bits per heavy atom. The van der Waals surface area contributed by atoms with Crippen LogP contribution in [0.25, 0.3) is 5.65 Å². The lowest BCUT2D eigenvalue weighted by Gasteiger charge is -2.22. The van der Waals surface area contributed by atoms with Crippen LogP contribution in [0.3, 0.4) is 0 Å². The first kappa shape index (κ1) is 12.1. The summed E-state index contributed by atoms with van der Waals surface area (Å²) < 4.78 is 3.04. The fraction of sp³-hybridized carbons (Fsp3) is 0.583. The van der Waals surface area contributed by atoms with Gasteiger partial charge in [-0.2, -0.15) is 0 Å². The fourth-order valence-electron chi connectivity index (χ4n) is 2.48. The molecule has 1 aliphatic heterocycles. The molecule has 6 heteroatoms. The summed E-state index contributed by atoms with van der Waals surface area (Å²) in [6, 6.07) is 0. The van der Waals surface area contributed by atoms with Crippen LogP contribution in [-0.4, -0.2) is 32.7 Å². The average molecular weight is 357 g/mol. The molecule has 0 saturated carbocycles. The maximum absolute atomic E-state index is 4.57. The van der Waals surface area contributed by atoms with Gasteiger partial charge in [0, 0.05) is 19.3 Å². The van der Waals surface area contributed by atoms with E-state index in [-0.39, 0.29) is 0 Å². The SMILES string of the molecule is C[C@@H]1CCCN(c2ncc(I)c3nncn23)CC1. The number of fused-ring (bicyclic) bond motifs is 1. The van der Waals surface area contributed by atoms with Crippen molar-refractivity contribution >= 4 is 34.2 Å². The number of hydrogen-bond acceptors (Lipinski definition) is 4. The van der Waals surface area contributed by atoms with Crippen LogP contribution in [-0.2, 0) is 0 Å². The summed E-state index contributed by atoms with van der Waals surface area (Å²) in [4.78, 5) is 6.93. The maximum Gasteiger partial charge on any atom is 0.212 e. The average Bonchev–Trinajstić information content (AvgIpc) is 2.75. The molecule has 96 valence electrons. The van der Waals surface area contributed by atoms with Gasteiger partial charge in [0.05, 0.1) is 3.57 Å². The van der Waals surface area contributed by atoms with Gasteiger partial charge in [-0.25, -0.2) is 4.98 Å². The minimum atomic E-state index is 0.815. The third-order valence-corrected chi connectivity index (χ3v) is 4.33. The lowest BCUT2D eigenvalue weighted by Crippen LogP contribution is -2.27. The van der Waals surface area contributed by atoms with E-state index in [9.17, 15) is 0 Å². The molecule has 1 fully saturated rings. The van der Waals surface area contributed by atoms with Crippen LogP contribution in [0.2, 0.25) is 0 Å². The molecule has 1 atom stereocenters. The molecule has 1 saturated heterocycles. The predicted octanol–water partition coefficient (Wildman–Crippen LogP) is 2.36. The zero-order valence-corrected chi connectivity index (χ0v) is 12.5. The van der Waals surface area contributed by atoms with Crippen molar-refractivity contribution in [3.63, 3.8) is 0 Å². The summed E-state index contributed by atoms with van der Waals surface area (Å²) in [5, 5.41) is 8.15. The number of halogens is 1. The number of nitrogens with zero attached hydrogens (tertiary/aromatic N) is 5. The molecule has 3 heterocycles. The molecule has 3 rings (SSSR count). The minimum Gasteiger partial charge on any atom is -0.342 e. The van der Waals surface area contributed by atoms with Crippen LogP contribution in [0.4, 0.5) is 5.95 Å². The predicted molar refractivity (Wildman–Crippen MR) is 78.7 cm³/mol. The van der Waals surface area contributed by atoms with E-state index in [1.54, 1.807) is 6.33 Å². The number of anilines is 1. The van der Waals surface area contributed by atoms with Crippen LogP contribution in [0, 0.1) is 9.49 Å². The zero-order chi connectivity index (χ0) is 12.5. The van der Waals surface area contributed by atoms with Crippen LogP contribution >= 0.6 is 22.6 Å². The summed E-state index contributed by atoms with van der Waals surface area (Å²) in [6.07, 6.45) is 7.42. The third kappa shape index (κ3) is 2.17. The Bertz CT molecular complexity index is 552. The number of rotatable bonds is 1. The molecule has 1 aliphatic rings. The van der Waals surface area contributed by atoms with Crippen LogP contribution in [0.5, 0.6) is 0 Å². The molecule has 5 nitrogen and oxygen atoms in total. The van der Waals surface area contributed by atoms with E-state index >= 15 is 0 Å². The van der Waals surface area contributed by atoms with E-state index in [2.05, 4.69) is 49.6 Å². The van der Waals surface area contributed by atoms with Gasteiger partial charge in [-0.1, -0.05) is 6.92 Å². The van der Waals surface area contributed by atoms with E-state index in [4.69, 9.17) is 0 Å². The van der Waals surface area contributed by atoms with Crippen molar-refractivity contribution in [3.8, 4) is 0 Å². The van der Waals surface area contributed by atoms with Crippen molar-refractivity contribution in [1.29, 1.82) is 0 Å². The number of hydrogen-bond donors (Lipinski definition) is 0. The van der Waals surface area contributed by atoms with Gasteiger partial charge in [0.2, 0.25) is 5.95 Å². The summed E-state index contributed by atoms with van der Waals surface area (Å²) in [5.74, 6) is 1.79. The topological polar surface area (TPSA) is 46.3 Å². The summed E-state index contributed by atoms with van der Waals surface area (Å²) >= 11 is 2.25. The zero-order valence-electron chi connectivity index (χ0n) is 10.4. The number of aromatic nitrogens is 4. The second-order valence-electron chi connectivity index (χ2n) is 4.95. The highest BCUT2D eigenvalue weighted by Crippen LogP contribution is 2.22. The van der Waals surface area contributed by atoms with Crippen molar-refractivity contribution in [3.05, 3.63) is 16.1 Å².